The zero-order chi connectivity index (χ0) is 20.9. The van der Waals surface area contributed by atoms with Crippen LogP contribution in [0.3, 0.4) is 0 Å². The minimum absolute atomic E-state index is 0.0557. The predicted molar refractivity (Wildman–Crippen MR) is 111 cm³/mol. The number of rotatable bonds is 6. The summed E-state index contributed by atoms with van der Waals surface area (Å²) in [4.78, 5) is 31.8. The number of oxazole rings is 1. The van der Waals surface area contributed by atoms with Crippen molar-refractivity contribution in [2.75, 3.05) is 20.2 Å². The average molecular weight is 405 g/mol. The van der Waals surface area contributed by atoms with Gasteiger partial charge < -0.3 is 19.4 Å². The monoisotopic (exact) mass is 405 g/mol. The van der Waals surface area contributed by atoms with E-state index in [2.05, 4.69) is 10.3 Å². The lowest BCUT2D eigenvalue weighted by Crippen LogP contribution is -2.28. The Hall–Kier alpha value is -3.61. The lowest BCUT2D eigenvalue weighted by Gasteiger charge is -2.17. The molecule has 1 aliphatic rings. The van der Waals surface area contributed by atoms with Crippen molar-refractivity contribution in [3.8, 4) is 17.1 Å². The number of ether oxygens (including phenoxy) is 1. The highest BCUT2D eigenvalue weighted by Crippen LogP contribution is 2.29. The van der Waals surface area contributed by atoms with Gasteiger partial charge in [-0.2, -0.15) is 0 Å². The van der Waals surface area contributed by atoms with Gasteiger partial charge in [0.1, 0.15) is 5.75 Å². The summed E-state index contributed by atoms with van der Waals surface area (Å²) in [6.45, 7) is 1.77. The van der Waals surface area contributed by atoms with Gasteiger partial charge in [0, 0.05) is 30.8 Å². The number of para-hydroxylation sites is 1. The molecule has 0 spiro atoms. The van der Waals surface area contributed by atoms with Crippen LogP contribution in [0.2, 0.25) is 0 Å². The number of nitrogens with one attached hydrogen (secondary N) is 1. The third-order valence-electron chi connectivity index (χ3n) is 5.21. The first-order chi connectivity index (χ1) is 14.7. The van der Waals surface area contributed by atoms with Gasteiger partial charge in [-0.15, -0.1) is 0 Å². The Bertz CT molecular complexity index is 1050. The fraction of sp³-hybridized carbons (Fsp3) is 0.261. The molecule has 1 aliphatic heterocycles. The Morgan fingerprint density at radius 1 is 1.10 bits per heavy atom. The van der Waals surface area contributed by atoms with Crippen LogP contribution in [0.15, 0.2) is 59.3 Å². The van der Waals surface area contributed by atoms with Gasteiger partial charge in [-0.1, -0.05) is 36.4 Å². The van der Waals surface area contributed by atoms with Crippen LogP contribution in [0, 0.1) is 0 Å². The van der Waals surface area contributed by atoms with Crippen molar-refractivity contribution in [1.82, 2.24) is 15.2 Å². The van der Waals surface area contributed by atoms with Crippen LogP contribution in [-0.2, 0) is 6.54 Å². The Morgan fingerprint density at radius 2 is 1.83 bits per heavy atom. The van der Waals surface area contributed by atoms with Gasteiger partial charge in [0.15, 0.2) is 17.8 Å². The molecule has 7 nitrogen and oxygen atoms in total. The maximum Gasteiger partial charge on any atom is 0.274 e. The minimum atomic E-state index is -0.381. The molecule has 1 N–H and O–H groups in total. The SMILES string of the molecule is COc1ccccc1CNC(=O)c1ncoc1-c1ccccc1C(=O)N1CCCC1. The van der Waals surface area contributed by atoms with E-state index >= 15 is 0 Å². The molecule has 154 valence electrons. The van der Waals surface area contributed by atoms with Gasteiger partial charge in [0.25, 0.3) is 11.8 Å². The first-order valence-electron chi connectivity index (χ1n) is 9.91. The summed E-state index contributed by atoms with van der Waals surface area (Å²) >= 11 is 0. The third-order valence-corrected chi connectivity index (χ3v) is 5.21. The molecule has 7 heteroatoms. The lowest BCUT2D eigenvalue weighted by atomic mass is 10.0. The normalized spacial score (nSPS) is 13.3. The van der Waals surface area contributed by atoms with Crippen LogP contribution in [0.25, 0.3) is 11.3 Å². The predicted octanol–water partition coefficient (Wildman–Crippen LogP) is 3.52. The van der Waals surface area contributed by atoms with Crippen molar-refractivity contribution in [2.45, 2.75) is 19.4 Å². The summed E-state index contributed by atoms with van der Waals surface area (Å²) in [5.74, 6) is 0.545. The molecule has 0 unspecified atom stereocenters. The smallest absolute Gasteiger partial charge is 0.274 e. The topological polar surface area (TPSA) is 84.7 Å². The van der Waals surface area contributed by atoms with Gasteiger partial charge in [-0.3, -0.25) is 9.59 Å². The highest BCUT2D eigenvalue weighted by Gasteiger charge is 2.26. The van der Waals surface area contributed by atoms with E-state index in [0.717, 1.165) is 31.5 Å². The molecular formula is C23H23N3O4. The number of aromatic nitrogens is 1. The van der Waals surface area contributed by atoms with Crippen LogP contribution in [0.1, 0.15) is 39.3 Å². The molecule has 0 atom stereocenters. The third kappa shape index (κ3) is 3.91. The van der Waals surface area contributed by atoms with Crippen molar-refractivity contribution < 1.29 is 18.7 Å². The van der Waals surface area contributed by atoms with Crippen LogP contribution in [0.5, 0.6) is 5.75 Å². The summed E-state index contributed by atoms with van der Waals surface area (Å²) in [6, 6.07) is 14.6. The zero-order valence-corrected chi connectivity index (χ0v) is 16.8. The molecule has 0 radical (unpaired) electrons. The summed E-state index contributed by atoms with van der Waals surface area (Å²) in [6.07, 6.45) is 3.24. The summed E-state index contributed by atoms with van der Waals surface area (Å²) < 4.78 is 10.9. The fourth-order valence-corrected chi connectivity index (χ4v) is 3.67. The number of benzene rings is 2. The van der Waals surface area contributed by atoms with E-state index < -0.39 is 0 Å². The molecule has 30 heavy (non-hydrogen) atoms. The van der Waals surface area contributed by atoms with Crippen molar-refractivity contribution in [2.24, 2.45) is 0 Å². The van der Waals surface area contributed by atoms with Crippen LogP contribution in [-0.4, -0.2) is 41.9 Å². The number of carbonyl (C=O) groups excluding carboxylic acids is 2. The molecule has 4 rings (SSSR count). The van der Waals surface area contributed by atoms with Crippen LogP contribution < -0.4 is 10.1 Å². The number of amides is 2. The molecule has 0 aliphatic carbocycles. The molecule has 2 heterocycles. The molecule has 2 aromatic carbocycles. The number of hydrogen-bond acceptors (Lipinski definition) is 5. The van der Waals surface area contributed by atoms with E-state index in [4.69, 9.17) is 9.15 Å². The average Bonchev–Trinajstić information content (AvgIpc) is 3.49. The van der Waals surface area contributed by atoms with E-state index in [-0.39, 0.29) is 29.8 Å². The van der Waals surface area contributed by atoms with Crippen molar-refractivity contribution >= 4 is 11.8 Å². The van der Waals surface area contributed by atoms with Crippen molar-refractivity contribution in [1.29, 1.82) is 0 Å². The molecule has 1 fully saturated rings. The lowest BCUT2D eigenvalue weighted by molar-refractivity contribution is 0.0792. The second-order valence-electron chi connectivity index (χ2n) is 7.07. The Balaban J connectivity index is 1.58. The van der Waals surface area contributed by atoms with Crippen LogP contribution >= 0.6 is 0 Å². The number of hydrogen-bond donors (Lipinski definition) is 1. The standard InChI is InChI=1S/C23H23N3O4/c1-29-19-11-5-2-8-16(19)14-24-22(27)20-21(30-15-25-20)17-9-3-4-10-18(17)23(28)26-12-6-7-13-26/h2-5,8-11,15H,6-7,12-14H2,1H3,(H,24,27). The molecular weight excluding hydrogens is 382 g/mol. The first-order valence-corrected chi connectivity index (χ1v) is 9.91. The maximum absolute atomic E-state index is 13.0. The molecule has 1 saturated heterocycles. The quantitative estimate of drug-likeness (QED) is 0.678. The van der Waals surface area contributed by atoms with E-state index in [0.29, 0.717) is 16.9 Å². The van der Waals surface area contributed by atoms with Gasteiger partial charge >= 0.3 is 0 Å². The second kappa shape index (κ2) is 8.82. The Morgan fingerprint density at radius 3 is 2.63 bits per heavy atom. The van der Waals surface area contributed by atoms with E-state index in [9.17, 15) is 9.59 Å². The Kier molecular flexibility index (Phi) is 5.79. The zero-order valence-electron chi connectivity index (χ0n) is 16.8. The van der Waals surface area contributed by atoms with Gasteiger partial charge in [-0.05, 0) is 25.0 Å². The van der Waals surface area contributed by atoms with Crippen molar-refractivity contribution in [3.63, 3.8) is 0 Å². The van der Waals surface area contributed by atoms with E-state index in [1.54, 1.807) is 19.2 Å². The fourth-order valence-electron chi connectivity index (χ4n) is 3.67. The summed E-state index contributed by atoms with van der Waals surface area (Å²) in [5.41, 5.74) is 2.07. The number of nitrogens with zero attached hydrogens (tertiary/aromatic N) is 2. The second-order valence-corrected chi connectivity index (χ2v) is 7.07. The molecule has 0 bridgehead atoms. The van der Waals surface area contributed by atoms with E-state index in [1.165, 1.54) is 6.39 Å². The van der Waals surface area contributed by atoms with E-state index in [1.807, 2.05) is 41.3 Å². The molecule has 2 amide bonds. The molecule has 0 saturated carbocycles. The highest BCUT2D eigenvalue weighted by molar-refractivity contribution is 6.04. The van der Waals surface area contributed by atoms with Gasteiger partial charge in [0.2, 0.25) is 0 Å². The molecule has 3 aromatic rings. The van der Waals surface area contributed by atoms with Gasteiger partial charge in [-0.25, -0.2) is 4.98 Å². The minimum Gasteiger partial charge on any atom is -0.496 e. The highest BCUT2D eigenvalue weighted by atomic mass is 16.5. The summed E-state index contributed by atoms with van der Waals surface area (Å²) in [5, 5.41) is 2.85. The summed E-state index contributed by atoms with van der Waals surface area (Å²) in [7, 11) is 1.59. The largest absolute Gasteiger partial charge is 0.496 e. The number of carbonyl (C=O) groups is 2. The number of methoxy groups -OCH3 is 1. The van der Waals surface area contributed by atoms with Crippen molar-refractivity contribution in [3.05, 3.63) is 71.7 Å². The van der Waals surface area contributed by atoms with Crippen LogP contribution in [0.4, 0.5) is 0 Å². The first kappa shape index (κ1) is 19.7. The number of likely N-dealkylation sites (tertiary alicyclic amines) is 1. The molecule has 1 aromatic heterocycles. The Labute approximate surface area is 174 Å². The maximum atomic E-state index is 13.0. The van der Waals surface area contributed by atoms with Gasteiger partial charge in [0.05, 0.1) is 12.7 Å².